The first-order chi connectivity index (χ1) is 71.3. The van der Waals surface area contributed by atoms with Crippen LogP contribution in [-0.2, 0) is 90.5 Å². The molecule has 0 spiro atoms. The number of alkyl halides is 1. The van der Waals surface area contributed by atoms with E-state index in [4.69, 9.17) is 60.5 Å². The highest BCUT2D eigenvalue weighted by atomic mass is 35.5. The summed E-state index contributed by atoms with van der Waals surface area (Å²) in [6.07, 6.45) is 33.8. The van der Waals surface area contributed by atoms with Crippen molar-refractivity contribution in [2.75, 3.05) is 31.8 Å². The number of nitrogens with two attached hydrogens (primary N) is 2. The van der Waals surface area contributed by atoms with Crippen molar-refractivity contribution in [2.24, 2.45) is 17.4 Å². The first kappa shape index (κ1) is 112. The smallest absolute Gasteiger partial charge is 0.407 e. The third kappa shape index (κ3) is 31.4. The lowest BCUT2D eigenvalue weighted by Crippen LogP contribution is -2.46. The Morgan fingerprint density at radius 1 is 0.459 bits per heavy atom. The molecule has 11 aromatic rings. The van der Waals surface area contributed by atoms with Crippen molar-refractivity contribution in [1.29, 1.82) is 0 Å². The Balaban J connectivity index is 0.000000145. The van der Waals surface area contributed by atoms with Gasteiger partial charge in [0.2, 0.25) is 23.6 Å². The Kier molecular flexibility index (Phi) is 40.7. The summed E-state index contributed by atoms with van der Waals surface area (Å²) in [5.74, 6) is 0.430. The maximum absolute atomic E-state index is 15.0. The maximum Gasteiger partial charge on any atom is 0.407 e. The molecule has 1 unspecified atom stereocenters. The van der Waals surface area contributed by atoms with Gasteiger partial charge in [-0.25, -0.2) is 77.8 Å². The summed E-state index contributed by atoms with van der Waals surface area (Å²) in [4.78, 5) is 114. The number of aromatic nitrogens is 8. The molecule has 8 fully saturated rings. The quantitative estimate of drug-likeness (QED) is 0.0176. The van der Waals surface area contributed by atoms with Crippen LogP contribution in [0.1, 0.15) is 213 Å². The highest BCUT2D eigenvalue weighted by Crippen LogP contribution is 2.39. The van der Waals surface area contributed by atoms with Crippen LogP contribution < -0.4 is 32.7 Å². The van der Waals surface area contributed by atoms with Crippen molar-refractivity contribution in [3.63, 3.8) is 0 Å². The number of rotatable bonds is 25. The van der Waals surface area contributed by atoms with Crippen LogP contribution in [0.25, 0.3) is 44.8 Å². The number of hydrogen-bond donors (Lipinski definition) is 6. The number of benzene rings is 5. The van der Waals surface area contributed by atoms with E-state index >= 15 is 4.39 Å². The minimum atomic E-state index is -4.00. The predicted molar refractivity (Wildman–Crippen MR) is 564 cm³/mol. The van der Waals surface area contributed by atoms with Crippen LogP contribution in [0.4, 0.5) is 23.2 Å². The number of carbonyl (C=O) groups excluding carboxylic acids is 7. The molecular formula is C108H130Cl3F2N17O15S3. The van der Waals surface area contributed by atoms with Crippen LogP contribution in [0.15, 0.2) is 204 Å². The van der Waals surface area contributed by atoms with Gasteiger partial charge in [0.15, 0.2) is 39.6 Å². The summed E-state index contributed by atoms with van der Waals surface area (Å²) in [7, 11) is -9.69. The predicted octanol–water partition coefficient (Wildman–Crippen LogP) is 18.4. The molecule has 5 saturated carbocycles. The van der Waals surface area contributed by atoms with Crippen molar-refractivity contribution in [1.82, 2.24) is 73.8 Å². The van der Waals surface area contributed by atoms with Crippen molar-refractivity contribution in [3.05, 3.63) is 244 Å². The number of likely N-dealkylation sites (tertiary alicyclic amines) is 3. The lowest BCUT2D eigenvalue weighted by Gasteiger charge is -2.35. The van der Waals surface area contributed by atoms with E-state index in [1.54, 1.807) is 42.5 Å². The number of pyridine rings is 2. The fourth-order valence-electron chi connectivity index (χ4n) is 20.2. The monoisotopic (exact) mass is 2140 g/mol. The highest BCUT2D eigenvalue weighted by molar-refractivity contribution is 7.90. The molecule has 11 atom stereocenters. The zero-order valence-corrected chi connectivity index (χ0v) is 88.2. The summed E-state index contributed by atoms with van der Waals surface area (Å²) in [6, 6.07) is 46.8. The van der Waals surface area contributed by atoms with E-state index in [1.165, 1.54) is 62.1 Å². The molecule has 3 saturated heterocycles. The molecule has 790 valence electrons. The van der Waals surface area contributed by atoms with Gasteiger partial charge in [0, 0.05) is 159 Å². The van der Waals surface area contributed by atoms with E-state index in [0.29, 0.717) is 83.9 Å². The number of alkyl carbamates (subject to hydrolysis) is 3. The van der Waals surface area contributed by atoms with Gasteiger partial charge in [-0.05, 0) is 227 Å². The average molecular weight is 2150 g/mol. The van der Waals surface area contributed by atoms with E-state index in [9.17, 15) is 59.0 Å². The zero-order valence-electron chi connectivity index (χ0n) is 83.4. The van der Waals surface area contributed by atoms with Gasteiger partial charge >= 0.3 is 18.3 Å². The minimum Gasteiger partial charge on any atom is -0.445 e. The molecule has 5 aliphatic carbocycles. The minimum absolute atomic E-state index is 0.00789. The van der Waals surface area contributed by atoms with Crippen LogP contribution in [0.3, 0.4) is 0 Å². The lowest BCUT2D eigenvalue weighted by molar-refractivity contribution is -0.131. The number of fused-ring (bicyclic) bond motifs is 2. The van der Waals surface area contributed by atoms with E-state index < -0.39 is 48.6 Å². The third-order valence-corrected chi connectivity index (χ3v) is 32.6. The molecule has 19 rings (SSSR count). The topological polar surface area (TPSA) is 430 Å². The van der Waals surface area contributed by atoms with Gasteiger partial charge in [0.1, 0.15) is 19.8 Å². The first-order valence-corrected chi connectivity index (χ1v) is 56.5. The summed E-state index contributed by atoms with van der Waals surface area (Å²) in [5, 5.41) is 12.9. The number of amides is 7. The second-order valence-corrected chi connectivity index (χ2v) is 45.1. The molecular weight excluding hydrogens is 2020 g/mol. The average Bonchev–Trinajstić information content (AvgIpc) is 1.60. The van der Waals surface area contributed by atoms with E-state index in [2.05, 4.69) is 56.1 Å². The summed E-state index contributed by atoms with van der Waals surface area (Å²) in [6.45, 7) is 7.23. The molecule has 0 bridgehead atoms. The highest BCUT2D eigenvalue weighted by Gasteiger charge is 2.38. The van der Waals surface area contributed by atoms with Crippen molar-refractivity contribution in [3.8, 4) is 22.8 Å². The molecule has 32 nitrogen and oxygen atoms in total. The molecule has 8 aliphatic rings. The van der Waals surface area contributed by atoms with Crippen LogP contribution in [0.5, 0.6) is 0 Å². The Morgan fingerprint density at radius 2 is 0.845 bits per heavy atom. The molecule has 8 N–H and O–H groups in total. The van der Waals surface area contributed by atoms with Crippen molar-refractivity contribution >= 4 is 130 Å². The Morgan fingerprint density at radius 3 is 1.27 bits per heavy atom. The van der Waals surface area contributed by atoms with Gasteiger partial charge in [0.25, 0.3) is 20.0 Å². The van der Waals surface area contributed by atoms with Gasteiger partial charge in [-0.1, -0.05) is 156 Å². The van der Waals surface area contributed by atoms with Crippen LogP contribution >= 0.6 is 34.8 Å². The third-order valence-electron chi connectivity index (χ3n) is 27.7. The number of carbonyl (C=O) groups is 7. The number of nitrogens with zero attached hydrogens (tertiary/aromatic N) is 11. The number of hydrogen-bond acceptors (Lipinski definition) is 23. The molecule has 5 aromatic carbocycles. The summed E-state index contributed by atoms with van der Waals surface area (Å²) in [5.41, 5.74) is 17.8. The number of nitrogens with one attached hydrogen (secondary N) is 4. The molecule has 148 heavy (non-hydrogen) atoms. The van der Waals surface area contributed by atoms with Crippen LogP contribution in [-0.4, -0.2) is 202 Å². The normalized spacial score (nSPS) is 21.1. The lowest BCUT2D eigenvalue weighted by atomic mass is 9.82. The Labute approximate surface area is 880 Å². The molecule has 6 aromatic heterocycles. The maximum atomic E-state index is 15.0. The Hall–Kier alpha value is -12.0. The van der Waals surface area contributed by atoms with Crippen LogP contribution in [0, 0.1) is 31.4 Å². The number of ether oxygens (including phenoxy) is 3. The van der Waals surface area contributed by atoms with Gasteiger partial charge in [-0.2, -0.15) is 0 Å². The molecule has 0 radical (unpaired) electrons. The second kappa shape index (κ2) is 54.0. The molecule has 40 heteroatoms. The van der Waals surface area contributed by atoms with Gasteiger partial charge in [-0.3, -0.25) is 23.4 Å². The molecule has 7 amide bonds. The number of aryl methyl sites for hydroxylation is 2. The number of halogens is 5. The summed E-state index contributed by atoms with van der Waals surface area (Å²) < 4.78 is 112. The summed E-state index contributed by atoms with van der Waals surface area (Å²) >= 11 is 17.9. The molecule has 3 aliphatic heterocycles. The van der Waals surface area contributed by atoms with E-state index in [0.717, 1.165) is 209 Å². The van der Waals surface area contributed by atoms with Gasteiger partial charge in [-0.15, -0.1) is 11.6 Å². The molecule has 9 heterocycles. The Bertz CT molecular complexity index is 6640. The fourth-order valence-corrected chi connectivity index (χ4v) is 23.8. The second-order valence-electron chi connectivity index (χ2n) is 38.9. The van der Waals surface area contributed by atoms with Crippen molar-refractivity contribution in [2.45, 2.75) is 289 Å². The van der Waals surface area contributed by atoms with Crippen LogP contribution in [0.2, 0.25) is 10.0 Å². The van der Waals surface area contributed by atoms with Crippen molar-refractivity contribution < 1.29 is 77.6 Å². The SMILES string of the molecule is Cc1ccc(S(=O)(=O)n2cc(-c3ncc(F)c(C[C@H]4CCC[C@@H](N5CCCC5=O)C4)n3)c3cc(Cl)cnc32)cc1.Cc1ccc(S(=O)(=O)n2cc(-c3ncc(F)c(S(C)=O)n3)c3cc(Cl)cnc32)cc1.N[C@@H]1CCC[C@H](NC(=O)OCc2ccccc2)C1.N[C@H]1CCC[C@@H](N2CCCC2=O)C1.O=C(CCCCl)N[C@@H]1CCC[C@H](NC(=O)OCc2ccccc2)C1.O=C(N[C@H]1CCC[C@@H](N2CCCC2=O)C1)OCc1ccccc1. The van der Waals surface area contributed by atoms with E-state index in [1.807, 2.05) is 115 Å². The first-order valence-electron chi connectivity index (χ1n) is 50.8. The fraction of sp³-hybridized carbons (Fsp3) is 0.454. The standard InChI is InChI=1S/C29H29ClFN5O3S.C19H14ClFN4O3S2.C18H25ClN2O3.C18H24N2O3.C14H20N2O2.C10H18N2O/c1-18-7-9-22(10-8-18)40(38,39)36-17-24(23-14-20(30)15-33-29(23)36)28-32-16-25(31)26(34-28)13-19-4-2-5-21(12-19)35-11-3-6-27(35)37;1-11-3-5-13(6-4-11)30(27,28)25-10-15(14-7-12(20)8-23-18(14)25)17-22-9-16(21)19(24-17)29(2)26;19-11-5-10-17(22)20-15-8-4-9-16(12-15)21-18(23)24-13-14-6-2-1-3-7-14;21-17-10-5-11-20(17)16-9-4-8-15(12-16)19-18(22)23-13-14-6-2-1-3-7-14;15-12-7-4-8-13(9-12)16-14(17)18-10-11-5-2-1-3-6-11;11-8-3-1-4-9(7-8)12-6-2-5-10(12)13/h7-10,14-17,19,21H,2-6,11-13H2,1H3;3-10H,1-2H3;1-3,6-7,15-16H,4-5,8-13H2,(H,20,22)(H,21,23);1-3,6-7,15-16H,4-5,8-13H2,(H,19,22);1-3,5-6,12-13H,4,7-10,15H2,(H,16,17);8-9H,1-7,11H2/t19-,21+;;2*15-,16+;12-,13+;8-,9+/m0.1010/s1. The van der Waals surface area contributed by atoms with Gasteiger partial charge in [0.05, 0.1) is 48.7 Å². The van der Waals surface area contributed by atoms with E-state index in [-0.39, 0.29) is 145 Å². The van der Waals surface area contributed by atoms with Gasteiger partial charge < -0.3 is 61.6 Å². The largest absolute Gasteiger partial charge is 0.445 e. The zero-order chi connectivity index (χ0) is 105.